The molecule has 74 valence electrons. The van der Waals surface area contributed by atoms with Crippen LogP contribution in [0, 0.1) is 15.3 Å². The fourth-order valence-electron chi connectivity index (χ4n) is 1.11. The standard InChI is InChI=1S/C6H10N2O5/c1-4-6(2,8(10)11)5(12-3)13-7(4)9/h5H,1-3H3/t5-,6+/m1/s1. The van der Waals surface area contributed by atoms with Gasteiger partial charge < -0.3 is 9.57 Å². The molecule has 0 amide bonds. The van der Waals surface area contributed by atoms with Crippen LogP contribution in [-0.4, -0.2) is 34.5 Å². The van der Waals surface area contributed by atoms with Crippen LogP contribution in [0.4, 0.5) is 0 Å². The number of rotatable bonds is 2. The summed E-state index contributed by atoms with van der Waals surface area (Å²) >= 11 is 0. The SMILES string of the molecule is CO[C@@H]1O[N+]([O-])=C(C)[C@]1(C)[N+](=O)[O-]. The second kappa shape index (κ2) is 2.84. The highest BCUT2D eigenvalue weighted by molar-refractivity contribution is 5.86. The molecular weight excluding hydrogens is 180 g/mol. The molecule has 0 saturated heterocycles. The van der Waals surface area contributed by atoms with E-state index in [9.17, 15) is 15.3 Å². The Kier molecular flexibility index (Phi) is 2.12. The maximum atomic E-state index is 10.9. The number of methoxy groups -OCH3 is 1. The minimum Gasteiger partial charge on any atom is -0.363 e. The van der Waals surface area contributed by atoms with Crippen molar-refractivity contribution in [2.45, 2.75) is 25.7 Å². The molecular formula is C6H10N2O5. The molecule has 0 aliphatic carbocycles. The quantitative estimate of drug-likeness (QED) is 0.345. The normalized spacial score (nSPS) is 33.3. The molecule has 2 atom stereocenters. The van der Waals surface area contributed by atoms with E-state index >= 15 is 0 Å². The molecule has 0 radical (unpaired) electrons. The first kappa shape index (κ1) is 9.72. The van der Waals surface area contributed by atoms with Gasteiger partial charge in [-0.1, -0.05) is 0 Å². The van der Waals surface area contributed by atoms with Crippen LogP contribution < -0.4 is 0 Å². The Morgan fingerprint density at radius 1 is 1.77 bits per heavy atom. The first-order valence-corrected chi connectivity index (χ1v) is 3.60. The third-order valence-corrected chi connectivity index (χ3v) is 2.25. The summed E-state index contributed by atoms with van der Waals surface area (Å²) in [6.07, 6.45) is -1.17. The molecule has 0 bridgehead atoms. The van der Waals surface area contributed by atoms with Crippen molar-refractivity contribution in [3.63, 3.8) is 0 Å². The molecule has 7 nitrogen and oxygen atoms in total. The molecule has 1 aliphatic rings. The molecule has 13 heavy (non-hydrogen) atoms. The summed E-state index contributed by atoms with van der Waals surface area (Å²) in [6.45, 7) is 2.63. The monoisotopic (exact) mass is 190 g/mol. The van der Waals surface area contributed by atoms with Crippen LogP contribution >= 0.6 is 0 Å². The van der Waals surface area contributed by atoms with Crippen LogP contribution in [0.3, 0.4) is 0 Å². The Morgan fingerprint density at radius 2 is 2.31 bits per heavy atom. The Morgan fingerprint density at radius 3 is 2.62 bits per heavy atom. The van der Waals surface area contributed by atoms with Crippen molar-refractivity contribution in [2.75, 3.05) is 7.11 Å². The maximum Gasteiger partial charge on any atom is 0.343 e. The average molecular weight is 190 g/mol. The van der Waals surface area contributed by atoms with Crippen molar-refractivity contribution in [1.82, 2.24) is 0 Å². The van der Waals surface area contributed by atoms with Gasteiger partial charge in [0.25, 0.3) is 5.71 Å². The summed E-state index contributed by atoms with van der Waals surface area (Å²) in [6, 6.07) is 0. The highest BCUT2D eigenvalue weighted by Crippen LogP contribution is 2.26. The lowest BCUT2D eigenvalue weighted by atomic mass is 9.98. The van der Waals surface area contributed by atoms with Gasteiger partial charge in [0.15, 0.2) is 0 Å². The molecule has 1 rings (SSSR count). The Labute approximate surface area is 74.2 Å². The molecule has 0 spiro atoms. The molecule has 1 heterocycles. The van der Waals surface area contributed by atoms with E-state index in [2.05, 4.69) is 4.84 Å². The number of ether oxygens (including phenoxy) is 1. The predicted molar refractivity (Wildman–Crippen MR) is 41.6 cm³/mol. The van der Waals surface area contributed by atoms with Crippen molar-refractivity contribution < 1.29 is 19.4 Å². The van der Waals surface area contributed by atoms with Crippen LogP contribution in [0.5, 0.6) is 0 Å². The molecule has 0 aromatic carbocycles. The largest absolute Gasteiger partial charge is 0.363 e. The fourth-order valence-corrected chi connectivity index (χ4v) is 1.11. The van der Waals surface area contributed by atoms with E-state index in [-0.39, 0.29) is 10.6 Å². The van der Waals surface area contributed by atoms with Gasteiger partial charge in [0.1, 0.15) is 0 Å². The summed E-state index contributed by atoms with van der Waals surface area (Å²) in [5.74, 6) is 0. The fraction of sp³-hybridized carbons (Fsp3) is 0.833. The van der Waals surface area contributed by atoms with Crippen molar-refractivity contribution in [1.29, 1.82) is 0 Å². The van der Waals surface area contributed by atoms with Gasteiger partial charge in [-0.25, -0.2) is 0 Å². The summed E-state index contributed by atoms with van der Waals surface area (Å²) in [5, 5.41) is 21.6. The minimum atomic E-state index is -1.60. The van der Waals surface area contributed by atoms with Crippen LogP contribution in [-0.2, 0) is 9.57 Å². The zero-order chi connectivity index (χ0) is 10.2. The zero-order valence-electron chi connectivity index (χ0n) is 7.51. The topological polar surface area (TPSA) is 87.7 Å². The number of nitro groups is 1. The molecule has 0 aromatic heterocycles. The highest BCUT2D eigenvalue weighted by Gasteiger charge is 2.60. The minimum absolute atomic E-state index is 0.0237. The van der Waals surface area contributed by atoms with Crippen molar-refractivity contribution >= 4 is 5.71 Å². The van der Waals surface area contributed by atoms with Gasteiger partial charge in [0.05, 0.1) is 0 Å². The number of nitrogens with zero attached hydrogens (tertiary/aromatic N) is 2. The number of hydrogen-bond donors (Lipinski definition) is 0. The third kappa shape index (κ3) is 1.12. The predicted octanol–water partition coefficient (Wildman–Crippen LogP) is -0.0893. The van der Waals surface area contributed by atoms with E-state index in [1.807, 2.05) is 0 Å². The maximum absolute atomic E-state index is 10.9. The van der Waals surface area contributed by atoms with E-state index < -0.39 is 16.8 Å². The molecule has 0 fully saturated rings. The molecule has 0 aromatic rings. The van der Waals surface area contributed by atoms with Gasteiger partial charge in [-0.2, -0.15) is 0 Å². The summed E-state index contributed by atoms with van der Waals surface area (Å²) in [4.78, 5) is 14.8. The summed E-state index contributed by atoms with van der Waals surface area (Å²) in [7, 11) is 1.25. The van der Waals surface area contributed by atoms with Crippen molar-refractivity contribution in [3.8, 4) is 0 Å². The van der Waals surface area contributed by atoms with Gasteiger partial charge in [-0.15, -0.1) is 0 Å². The molecule has 1 aliphatic heterocycles. The molecule has 0 N–H and O–H groups in total. The smallest absolute Gasteiger partial charge is 0.343 e. The Bertz CT molecular complexity index is 276. The lowest BCUT2D eigenvalue weighted by Gasteiger charge is -2.18. The van der Waals surface area contributed by atoms with Crippen LogP contribution in [0.25, 0.3) is 0 Å². The van der Waals surface area contributed by atoms with Crippen LogP contribution in [0.2, 0.25) is 0 Å². The lowest BCUT2D eigenvalue weighted by molar-refractivity contribution is -0.756. The second-order valence-corrected chi connectivity index (χ2v) is 2.92. The second-order valence-electron chi connectivity index (χ2n) is 2.92. The first-order chi connectivity index (χ1) is 5.94. The summed E-state index contributed by atoms with van der Waals surface area (Å²) in [5.41, 5.74) is -1.62. The van der Waals surface area contributed by atoms with Gasteiger partial charge in [-0.3, -0.25) is 15.3 Å². The third-order valence-electron chi connectivity index (χ3n) is 2.25. The number of hydrogen-bond acceptors (Lipinski definition) is 5. The van der Waals surface area contributed by atoms with Crippen LogP contribution in [0.1, 0.15) is 13.8 Å². The van der Waals surface area contributed by atoms with Crippen LogP contribution in [0.15, 0.2) is 0 Å². The van der Waals surface area contributed by atoms with E-state index in [0.29, 0.717) is 0 Å². The van der Waals surface area contributed by atoms with E-state index in [1.54, 1.807) is 0 Å². The highest BCUT2D eigenvalue weighted by atomic mass is 16.9. The molecule has 0 unspecified atom stereocenters. The Balaban J connectivity index is 3.10. The van der Waals surface area contributed by atoms with Gasteiger partial charge in [0.2, 0.25) is 6.29 Å². The van der Waals surface area contributed by atoms with Gasteiger partial charge in [0, 0.05) is 30.8 Å². The van der Waals surface area contributed by atoms with Gasteiger partial charge >= 0.3 is 5.54 Å². The molecule has 0 saturated carbocycles. The first-order valence-electron chi connectivity index (χ1n) is 3.60. The van der Waals surface area contributed by atoms with E-state index in [1.165, 1.54) is 21.0 Å². The van der Waals surface area contributed by atoms with Crippen molar-refractivity contribution in [3.05, 3.63) is 15.3 Å². The summed E-state index contributed by atoms with van der Waals surface area (Å²) < 4.78 is 4.70. The van der Waals surface area contributed by atoms with E-state index in [4.69, 9.17) is 4.74 Å². The van der Waals surface area contributed by atoms with E-state index in [0.717, 1.165) is 0 Å². The molecule has 7 heteroatoms. The zero-order valence-corrected chi connectivity index (χ0v) is 7.51. The Hall–Kier alpha value is -1.37. The van der Waals surface area contributed by atoms with Gasteiger partial charge in [-0.05, 0) is 0 Å². The van der Waals surface area contributed by atoms with Crippen molar-refractivity contribution in [2.24, 2.45) is 0 Å². The lowest BCUT2D eigenvalue weighted by Crippen LogP contribution is -2.50. The average Bonchev–Trinajstić information content (AvgIpc) is 2.30.